The number of hydrogen-bond acceptors (Lipinski definition) is 7. The molecule has 0 unspecified atom stereocenters. The number of carbonyl (C=O) groups excluding carboxylic acids is 2. The van der Waals surface area contributed by atoms with Gasteiger partial charge in [-0.2, -0.15) is 0 Å². The van der Waals surface area contributed by atoms with Gasteiger partial charge in [0, 0.05) is 31.0 Å². The first kappa shape index (κ1) is 22.7. The van der Waals surface area contributed by atoms with Gasteiger partial charge in [0.05, 0.1) is 23.2 Å². The number of fused-ring (bicyclic) bond motifs is 3. The van der Waals surface area contributed by atoms with Gasteiger partial charge in [-0.3, -0.25) is 23.4 Å². The molecule has 1 saturated heterocycles. The summed E-state index contributed by atoms with van der Waals surface area (Å²) in [7, 11) is 0. The summed E-state index contributed by atoms with van der Waals surface area (Å²) >= 11 is 1.24. The number of carbonyl (C=O) groups is 2. The van der Waals surface area contributed by atoms with Crippen molar-refractivity contribution in [1.82, 2.24) is 24.5 Å². The van der Waals surface area contributed by atoms with E-state index in [0.717, 1.165) is 12.2 Å². The van der Waals surface area contributed by atoms with Gasteiger partial charge in [-0.15, -0.1) is 16.8 Å². The van der Waals surface area contributed by atoms with E-state index in [9.17, 15) is 14.4 Å². The molecule has 10 nitrogen and oxygen atoms in total. The largest absolute Gasteiger partial charge is 0.360 e. The first-order valence-electron chi connectivity index (χ1n) is 11.1. The Balaban J connectivity index is 1.31. The van der Waals surface area contributed by atoms with E-state index >= 15 is 0 Å². The van der Waals surface area contributed by atoms with Crippen LogP contribution in [0.5, 0.6) is 0 Å². The average molecular weight is 490 g/mol. The van der Waals surface area contributed by atoms with Gasteiger partial charge >= 0.3 is 0 Å². The molecule has 0 aliphatic carbocycles. The van der Waals surface area contributed by atoms with E-state index in [1.54, 1.807) is 16.5 Å². The van der Waals surface area contributed by atoms with E-state index < -0.39 is 0 Å². The Hall–Kier alpha value is -4.12. The molecule has 0 atom stereocenters. The third kappa shape index (κ3) is 4.50. The summed E-state index contributed by atoms with van der Waals surface area (Å²) in [5.74, 6) is 0.323. The highest BCUT2D eigenvalue weighted by molar-refractivity contribution is 7.99. The maximum absolute atomic E-state index is 12.9. The molecule has 3 heterocycles. The van der Waals surface area contributed by atoms with Gasteiger partial charge in [-0.25, -0.2) is 0 Å². The van der Waals surface area contributed by atoms with E-state index in [2.05, 4.69) is 27.4 Å². The Labute approximate surface area is 204 Å². The number of hydrogen-bond donors (Lipinski definition) is 2. The molecule has 0 bridgehead atoms. The van der Waals surface area contributed by atoms with Crippen molar-refractivity contribution in [1.29, 1.82) is 0 Å². The lowest BCUT2D eigenvalue weighted by atomic mass is 10.2. The lowest BCUT2D eigenvalue weighted by molar-refractivity contribution is -0.120. The van der Waals surface area contributed by atoms with Crippen molar-refractivity contribution in [3.8, 4) is 0 Å². The zero-order chi connectivity index (χ0) is 24.4. The Morgan fingerprint density at radius 1 is 1.14 bits per heavy atom. The molecule has 0 spiro atoms. The number of anilines is 2. The van der Waals surface area contributed by atoms with Crippen molar-refractivity contribution >= 4 is 51.6 Å². The first-order chi connectivity index (χ1) is 17.0. The summed E-state index contributed by atoms with van der Waals surface area (Å²) in [6.45, 7) is 5.71. The second-order valence-electron chi connectivity index (χ2n) is 7.99. The molecule has 11 heteroatoms. The van der Waals surface area contributed by atoms with Gasteiger partial charge in [0.25, 0.3) is 5.56 Å². The van der Waals surface area contributed by atoms with Crippen molar-refractivity contribution in [2.75, 3.05) is 35.6 Å². The van der Waals surface area contributed by atoms with Crippen molar-refractivity contribution in [3.05, 3.63) is 71.5 Å². The predicted octanol–water partition coefficient (Wildman–Crippen LogP) is 1.90. The minimum atomic E-state index is -0.194. The molecule has 2 amide bonds. The molecule has 0 saturated carbocycles. The van der Waals surface area contributed by atoms with Crippen molar-refractivity contribution in [3.63, 3.8) is 0 Å². The zero-order valence-corrected chi connectivity index (χ0v) is 19.6. The molecule has 35 heavy (non-hydrogen) atoms. The van der Waals surface area contributed by atoms with Crippen LogP contribution in [0.2, 0.25) is 0 Å². The SMILES string of the molecule is C=CCn1c(=O)c2ccccc2n2c(SCC(=O)Nc3ccc(N4CCNC(=O)C4)cc3)nnc12. The standard InChI is InChI=1S/C24H23N7O3S/c1-2-12-30-22(34)18-5-3-4-6-19(18)31-23(30)27-28-24(31)35-15-21(33)26-16-7-9-17(10-8-16)29-13-11-25-20(32)14-29/h2-10H,1,11-15H2,(H,25,32)(H,26,33). The number of aromatic nitrogens is 4. The third-order valence-electron chi connectivity index (χ3n) is 5.68. The van der Waals surface area contributed by atoms with Crippen LogP contribution in [0.4, 0.5) is 11.4 Å². The van der Waals surface area contributed by atoms with E-state index in [4.69, 9.17) is 0 Å². The van der Waals surface area contributed by atoms with Crippen LogP contribution in [0.1, 0.15) is 0 Å². The predicted molar refractivity (Wildman–Crippen MR) is 136 cm³/mol. The summed E-state index contributed by atoms with van der Waals surface area (Å²) in [5.41, 5.74) is 2.11. The van der Waals surface area contributed by atoms with Crippen LogP contribution in [0.25, 0.3) is 16.7 Å². The van der Waals surface area contributed by atoms with E-state index in [0.29, 0.717) is 47.2 Å². The smallest absolute Gasteiger partial charge is 0.263 e. The summed E-state index contributed by atoms with van der Waals surface area (Å²) in [5, 5.41) is 15.2. The zero-order valence-electron chi connectivity index (χ0n) is 18.8. The van der Waals surface area contributed by atoms with Crippen LogP contribution >= 0.6 is 11.8 Å². The highest BCUT2D eigenvalue weighted by Crippen LogP contribution is 2.23. The van der Waals surface area contributed by atoms with Crippen molar-refractivity contribution in [2.24, 2.45) is 0 Å². The molecule has 5 rings (SSSR count). The monoisotopic (exact) mass is 489 g/mol. The Morgan fingerprint density at radius 2 is 1.94 bits per heavy atom. The number of benzene rings is 2. The van der Waals surface area contributed by atoms with Gasteiger partial charge in [-0.1, -0.05) is 30.0 Å². The lowest BCUT2D eigenvalue weighted by Gasteiger charge is -2.28. The highest BCUT2D eigenvalue weighted by Gasteiger charge is 2.18. The summed E-state index contributed by atoms with van der Waals surface area (Å²) < 4.78 is 3.31. The van der Waals surface area contributed by atoms with E-state index in [-0.39, 0.29) is 23.1 Å². The lowest BCUT2D eigenvalue weighted by Crippen LogP contribution is -2.47. The van der Waals surface area contributed by atoms with Crippen LogP contribution < -0.4 is 21.1 Å². The molecule has 2 N–H and O–H groups in total. The average Bonchev–Trinajstić information content (AvgIpc) is 3.30. The maximum atomic E-state index is 12.9. The highest BCUT2D eigenvalue weighted by atomic mass is 32.2. The maximum Gasteiger partial charge on any atom is 0.263 e. The summed E-state index contributed by atoms with van der Waals surface area (Å²) in [6, 6.07) is 14.7. The third-order valence-corrected chi connectivity index (χ3v) is 6.61. The van der Waals surface area contributed by atoms with Gasteiger partial charge in [0.2, 0.25) is 17.6 Å². The summed E-state index contributed by atoms with van der Waals surface area (Å²) in [6.07, 6.45) is 1.64. The normalized spacial score (nSPS) is 13.7. The fourth-order valence-corrected chi connectivity index (χ4v) is 4.80. The number of thioether (sulfide) groups is 1. The summed E-state index contributed by atoms with van der Waals surface area (Å²) in [4.78, 5) is 39.1. The van der Waals surface area contributed by atoms with Crippen LogP contribution in [-0.4, -0.2) is 56.4 Å². The molecule has 4 aromatic rings. The fraction of sp³-hybridized carbons (Fsp3) is 0.208. The van der Waals surface area contributed by atoms with Gasteiger partial charge in [-0.05, 0) is 36.4 Å². The minimum Gasteiger partial charge on any atom is -0.360 e. The first-order valence-corrected chi connectivity index (χ1v) is 12.1. The molecule has 2 aromatic carbocycles. The Morgan fingerprint density at radius 3 is 2.71 bits per heavy atom. The number of allylic oxidation sites excluding steroid dienone is 1. The van der Waals surface area contributed by atoms with Crippen LogP contribution in [0.15, 0.2) is 71.1 Å². The van der Waals surface area contributed by atoms with Crippen molar-refractivity contribution < 1.29 is 9.59 Å². The van der Waals surface area contributed by atoms with Crippen LogP contribution in [0.3, 0.4) is 0 Å². The molecule has 1 aliphatic heterocycles. The van der Waals surface area contributed by atoms with Gasteiger partial charge in [0.15, 0.2) is 5.16 Å². The van der Waals surface area contributed by atoms with Gasteiger partial charge < -0.3 is 15.5 Å². The molecule has 1 fully saturated rings. The molecule has 178 valence electrons. The second-order valence-corrected chi connectivity index (χ2v) is 8.94. The fourth-order valence-electron chi connectivity index (χ4n) is 4.06. The molecule has 0 radical (unpaired) electrons. The van der Waals surface area contributed by atoms with Gasteiger partial charge in [0.1, 0.15) is 0 Å². The molecule has 2 aromatic heterocycles. The number of nitrogens with zero attached hydrogens (tertiary/aromatic N) is 5. The number of para-hydroxylation sites is 1. The number of rotatable bonds is 7. The minimum absolute atomic E-state index is 0.000858. The quantitative estimate of drug-likeness (QED) is 0.301. The second kappa shape index (κ2) is 9.63. The topological polar surface area (TPSA) is 114 Å². The molecule has 1 aliphatic rings. The number of amides is 2. The molecular formula is C24H23N7O3S. The van der Waals surface area contributed by atoms with Crippen molar-refractivity contribution in [2.45, 2.75) is 11.7 Å². The van der Waals surface area contributed by atoms with Crippen LogP contribution in [-0.2, 0) is 16.1 Å². The Kier molecular flexibility index (Phi) is 6.23. The van der Waals surface area contributed by atoms with E-state index in [1.807, 2.05) is 47.4 Å². The Bertz CT molecular complexity index is 1490. The molecular weight excluding hydrogens is 466 g/mol. The van der Waals surface area contributed by atoms with Crippen LogP contribution in [0, 0.1) is 0 Å². The number of piperazine rings is 1. The van der Waals surface area contributed by atoms with E-state index in [1.165, 1.54) is 16.3 Å². The number of nitrogens with one attached hydrogen (secondary N) is 2.